The second-order valence-electron chi connectivity index (χ2n) is 3.39. The average Bonchev–Trinajstić information content (AvgIpc) is 2.70. The summed E-state index contributed by atoms with van der Waals surface area (Å²) in [6.07, 6.45) is 0. The van der Waals surface area contributed by atoms with E-state index in [4.69, 9.17) is 10.0 Å². The van der Waals surface area contributed by atoms with Gasteiger partial charge in [-0.25, -0.2) is 4.79 Å². The Morgan fingerprint density at radius 3 is 2.75 bits per heavy atom. The number of carbonyl (C=O) groups excluding carboxylic acids is 1. The van der Waals surface area contributed by atoms with Crippen LogP contribution in [0, 0.1) is 0 Å². The molecule has 16 heavy (non-hydrogen) atoms. The maximum absolute atomic E-state index is 11.3. The second kappa shape index (κ2) is 4.00. The molecule has 0 atom stereocenters. The first-order valence-electron chi connectivity index (χ1n) is 4.69. The molecule has 0 amide bonds. The minimum atomic E-state index is -1.55. The Kier molecular flexibility index (Phi) is 2.68. The fourth-order valence-electron chi connectivity index (χ4n) is 1.53. The van der Waals surface area contributed by atoms with Gasteiger partial charge in [0.05, 0.1) is 12.7 Å². The highest BCUT2D eigenvalue weighted by Gasteiger charge is 2.14. The molecule has 0 aliphatic carbocycles. The Balaban J connectivity index is 2.49. The zero-order valence-electron chi connectivity index (χ0n) is 8.60. The standard InChI is InChI=1S/C10H10BNO4/c1-16-10(13)7-3-2-6-5-9(11(14)15)12-8(6)4-7/h2-5,12,14-15H,1H3. The molecule has 0 radical (unpaired) electrons. The molecule has 0 fully saturated rings. The van der Waals surface area contributed by atoms with Crippen molar-refractivity contribution >= 4 is 29.6 Å². The number of benzene rings is 1. The summed E-state index contributed by atoms with van der Waals surface area (Å²) in [7, 11) is -0.238. The summed E-state index contributed by atoms with van der Waals surface area (Å²) in [5.41, 5.74) is 1.36. The normalized spacial score (nSPS) is 10.4. The lowest BCUT2D eigenvalue weighted by molar-refractivity contribution is 0.0601. The van der Waals surface area contributed by atoms with Crippen LogP contribution in [0.4, 0.5) is 0 Å². The van der Waals surface area contributed by atoms with E-state index in [0.29, 0.717) is 11.1 Å². The van der Waals surface area contributed by atoms with Crippen molar-refractivity contribution in [2.75, 3.05) is 7.11 Å². The number of fused-ring (bicyclic) bond motifs is 1. The summed E-state index contributed by atoms with van der Waals surface area (Å²) in [6, 6.07) is 6.55. The highest BCUT2D eigenvalue weighted by molar-refractivity contribution is 6.58. The van der Waals surface area contributed by atoms with Crippen LogP contribution in [-0.2, 0) is 4.74 Å². The number of H-pyrrole nitrogens is 1. The molecule has 1 heterocycles. The molecule has 1 aromatic carbocycles. The van der Waals surface area contributed by atoms with Gasteiger partial charge in [0.1, 0.15) is 0 Å². The van der Waals surface area contributed by atoms with E-state index in [1.807, 2.05) is 0 Å². The van der Waals surface area contributed by atoms with Gasteiger partial charge in [-0.15, -0.1) is 0 Å². The summed E-state index contributed by atoms with van der Waals surface area (Å²) in [5.74, 6) is -0.428. The van der Waals surface area contributed by atoms with Crippen molar-refractivity contribution in [3.05, 3.63) is 29.8 Å². The van der Waals surface area contributed by atoms with Gasteiger partial charge in [-0.2, -0.15) is 0 Å². The predicted molar refractivity (Wildman–Crippen MR) is 59.5 cm³/mol. The van der Waals surface area contributed by atoms with Gasteiger partial charge in [0.25, 0.3) is 0 Å². The molecule has 0 spiro atoms. The number of rotatable bonds is 2. The number of nitrogens with one attached hydrogen (secondary N) is 1. The largest absolute Gasteiger partial charge is 0.505 e. The van der Waals surface area contributed by atoms with E-state index in [2.05, 4.69) is 9.72 Å². The fraction of sp³-hybridized carbons (Fsp3) is 0.100. The van der Waals surface area contributed by atoms with Crippen LogP contribution in [-0.4, -0.2) is 35.2 Å². The highest BCUT2D eigenvalue weighted by Crippen LogP contribution is 2.14. The molecule has 2 aromatic rings. The number of esters is 1. The maximum Gasteiger partial charge on any atom is 0.505 e. The Bertz CT molecular complexity index is 535. The van der Waals surface area contributed by atoms with Crippen molar-refractivity contribution < 1.29 is 19.6 Å². The molecule has 0 saturated carbocycles. The molecular weight excluding hydrogens is 209 g/mol. The Hall–Kier alpha value is -1.79. The summed E-state index contributed by atoms with van der Waals surface area (Å²) in [5, 5.41) is 18.8. The lowest BCUT2D eigenvalue weighted by Crippen LogP contribution is -2.30. The van der Waals surface area contributed by atoms with E-state index < -0.39 is 13.1 Å². The Morgan fingerprint density at radius 2 is 2.12 bits per heavy atom. The van der Waals surface area contributed by atoms with Gasteiger partial charge >= 0.3 is 13.1 Å². The minimum absolute atomic E-state index is 0.289. The molecule has 0 unspecified atom stereocenters. The SMILES string of the molecule is COC(=O)c1ccc2cc(B(O)O)[nH]c2c1. The quantitative estimate of drug-likeness (QED) is 0.475. The number of hydrogen-bond acceptors (Lipinski definition) is 4. The van der Waals surface area contributed by atoms with Crippen LogP contribution in [0.3, 0.4) is 0 Å². The first-order valence-corrected chi connectivity index (χ1v) is 4.69. The third-order valence-corrected chi connectivity index (χ3v) is 2.34. The molecular formula is C10H10BNO4. The van der Waals surface area contributed by atoms with Crippen LogP contribution in [0.2, 0.25) is 0 Å². The fourth-order valence-corrected chi connectivity index (χ4v) is 1.53. The monoisotopic (exact) mass is 219 g/mol. The molecule has 0 aliphatic rings. The zero-order valence-corrected chi connectivity index (χ0v) is 8.60. The molecule has 1 aromatic heterocycles. The van der Waals surface area contributed by atoms with E-state index in [-0.39, 0.29) is 5.59 Å². The van der Waals surface area contributed by atoms with Gasteiger partial charge in [-0.3, -0.25) is 0 Å². The second-order valence-corrected chi connectivity index (χ2v) is 3.39. The van der Waals surface area contributed by atoms with Crippen molar-refractivity contribution in [1.82, 2.24) is 4.98 Å². The van der Waals surface area contributed by atoms with Crippen LogP contribution < -0.4 is 5.59 Å². The topological polar surface area (TPSA) is 82.6 Å². The Labute approximate surface area is 91.8 Å². The third kappa shape index (κ3) is 1.80. The van der Waals surface area contributed by atoms with Crippen LogP contribution in [0.5, 0.6) is 0 Å². The first-order chi connectivity index (χ1) is 7.61. The summed E-state index contributed by atoms with van der Waals surface area (Å²) in [4.78, 5) is 14.1. The molecule has 82 valence electrons. The number of methoxy groups -OCH3 is 1. The van der Waals surface area contributed by atoms with Gasteiger partial charge in [0.15, 0.2) is 0 Å². The lowest BCUT2D eigenvalue weighted by atomic mass is 9.86. The lowest BCUT2D eigenvalue weighted by Gasteiger charge is -1.98. The minimum Gasteiger partial charge on any atom is -0.465 e. The van der Waals surface area contributed by atoms with Crippen LogP contribution in [0.15, 0.2) is 24.3 Å². The zero-order chi connectivity index (χ0) is 11.7. The molecule has 6 heteroatoms. The molecule has 0 aliphatic heterocycles. The third-order valence-electron chi connectivity index (χ3n) is 2.34. The van der Waals surface area contributed by atoms with Crippen molar-refractivity contribution in [3.8, 4) is 0 Å². The number of hydrogen-bond donors (Lipinski definition) is 3. The summed E-state index contributed by atoms with van der Waals surface area (Å²) < 4.78 is 4.59. The first kappa shape index (κ1) is 10.7. The maximum atomic E-state index is 11.3. The van der Waals surface area contributed by atoms with Crippen molar-refractivity contribution in [2.24, 2.45) is 0 Å². The highest BCUT2D eigenvalue weighted by atomic mass is 16.5. The molecule has 0 saturated heterocycles. The van der Waals surface area contributed by atoms with Crippen LogP contribution in [0.25, 0.3) is 10.9 Å². The number of ether oxygens (including phenoxy) is 1. The van der Waals surface area contributed by atoms with Crippen molar-refractivity contribution in [2.45, 2.75) is 0 Å². The molecule has 0 bridgehead atoms. The van der Waals surface area contributed by atoms with Crippen LogP contribution in [0.1, 0.15) is 10.4 Å². The molecule has 5 nitrogen and oxygen atoms in total. The number of carbonyl (C=O) groups is 1. The van der Waals surface area contributed by atoms with E-state index in [1.54, 1.807) is 24.3 Å². The van der Waals surface area contributed by atoms with Gasteiger partial charge in [-0.05, 0) is 23.6 Å². The van der Waals surface area contributed by atoms with Gasteiger partial charge < -0.3 is 19.8 Å². The molecule has 2 rings (SSSR count). The molecule has 3 N–H and O–H groups in total. The van der Waals surface area contributed by atoms with Crippen molar-refractivity contribution in [1.29, 1.82) is 0 Å². The van der Waals surface area contributed by atoms with Gasteiger partial charge in [-0.1, -0.05) is 6.07 Å². The number of aromatic amines is 1. The summed E-state index contributed by atoms with van der Waals surface area (Å²) in [6.45, 7) is 0. The smallest absolute Gasteiger partial charge is 0.465 e. The predicted octanol–water partition coefficient (Wildman–Crippen LogP) is -0.366. The number of aromatic nitrogens is 1. The van der Waals surface area contributed by atoms with Crippen molar-refractivity contribution in [3.63, 3.8) is 0 Å². The van der Waals surface area contributed by atoms with Crippen LogP contribution >= 0.6 is 0 Å². The average molecular weight is 219 g/mol. The van der Waals surface area contributed by atoms with E-state index in [9.17, 15) is 4.79 Å². The van der Waals surface area contributed by atoms with E-state index in [0.717, 1.165) is 5.39 Å². The van der Waals surface area contributed by atoms with E-state index >= 15 is 0 Å². The van der Waals surface area contributed by atoms with E-state index in [1.165, 1.54) is 7.11 Å². The Morgan fingerprint density at radius 1 is 1.38 bits per heavy atom. The van der Waals surface area contributed by atoms with Gasteiger partial charge in [0.2, 0.25) is 0 Å². The summed E-state index contributed by atoms with van der Waals surface area (Å²) >= 11 is 0. The van der Waals surface area contributed by atoms with Gasteiger partial charge in [0, 0.05) is 11.1 Å².